The molecule has 110 valence electrons. The topological polar surface area (TPSA) is 42.0 Å². The summed E-state index contributed by atoms with van der Waals surface area (Å²) < 4.78 is 50.5. The van der Waals surface area contributed by atoms with Crippen molar-refractivity contribution in [3.05, 3.63) is 54.1 Å². The zero-order valence-corrected chi connectivity index (χ0v) is 10.6. The Morgan fingerprint density at radius 1 is 1.14 bits per heavy atom. The summed E-state index contributed by atoms with van der Waals surface area (Å²) >= 11 is 0. The molecule has 1 heterocycles. The highest BCUT2D eigenvalue weighted by Crippen LogP contribution is 2.24. The van der Waals surface area contributed by atoms with Crippen molar-refractivity contribution >= 4 is 5.91 Å². The highest BCUT2D eigenvalue weighted by atomic mass is 19.4. The summed E-state index contributed by atoms with van der Waals surface area (Å²) in [5.41, 5.74) is 0.754. The van der Waals surface area contributed by atoms with Crippen molar-refractivity contribution in [2.45, 2.75) is 12.7 Å². The zero-order chi connectivity index (χ0) is 15.5. The summed E-state index contributed by atoms with van der Waals surface area (Å²) in [6, 6.07) is 7.48. The summed E-state index contributed by atoms with van der Waals surface area (Å²) in [4.78, 5) is 14.5. The van der Waals surface area contributed by atoms with Gasteiger partial charge in [0.2, 0.25) is 0 Å². The van der Waals surface area contributed by atoms with E-state index in [0.29, 0.717) is 5.56 Å². The molecule has 21 heavy (non-hydrogen) atoms. The lowest BCUT2D eigenvalue weighted by molar-refractivity contribution is -0.173. The third kappa shape index (κ3) is 3.56. The highest BCUT2D eigenvalue weighted by Gasteiger charge is 2.38. The van der Waals surface area contributed by atoms with E-state index >= 15 is 0 Å². The molecule has 1 amide bonds. The molecule has 0 bridgehead atoms. The fourth-order valence-electron chi connectivity index (χ4n) is 1.75. The molecule has 2 aromatic rings. The summed E-state index contributed by atoms with van der Waals surface area (Å²) in [5, 5.41) is 1.64. The van der Waals surface area contributed by atoms with Crippen molar-refractivity contribution in [1.82, 2.24) is 10.3 Å². The Kier molecular flexibility index (Phi) is 4.21. The molecule has 2 rings (SSSR count). The summed E-state index contributed by atoms with van der Waals surface area (Å²) in [5.74, 6) is -2.78. The van der Waals surface area contributed by atoms with Gasteiger partial charge in [0.25, 0.3) is 0 Å². The second-order valence-corrected chi connectivity index (χ2v) is 4.20. The van der Waals surface area contributed by atoms with Crippen LogP contribution in [-0.2, 0) is 11.3 Å². The number of amides is 1. The second-order valence-electron chi connectivity index (χ2n) is 4.20. The van der Waals surface area contributed by atoms with Crippen molar-refractivity contribution in [2.75, 3.05) is 0 Å². The average Bonchev–Trinajstić information content (AvgIpc) is 2.46. The number of nitrogens with zero attached hydrogens (tertiary/aromatic N) is 1. The molecule has 0 aliphatic carbocycles. The van der Waals surface area contributed by atoms with Crippen LogP contribution in [0.4, 0.5) is 17.6 Å². The average molecular weight is 298 g/mol. The summed E-state index contributed by atoms with van der Waals surface area (Å²) in [6.45, 7) is -0.539. The predicted molar refractivity (Wildman–Crippen MR) is 67.5 cm³/mol. The maximum Gasteiger partial charge on any atom is 0.471 e. The number of nitrogens with one attached hydrogen (secondary N) is 1. The Morgan fingerprint density at radius 2 is 1.81 bits per heavy atom. The van der Waals surface area contributed by atoms with Gasteiger partial charge < -0.3 is 5.32 Å². The van der Waals surface area contributed by atoms with E-state index < -0.39 is 24.4 Å². The third-order valence-corrected chi connectivity index (χ3v) is 2.77. The van der Waals surface area contributed by atoms with Gasteiger partial charge in [-0.05, 0) is 17.7 Å². The highest BCUT2D eigenvalue weighted by molar-refractivity contribution is 5.81. The maximum absolute atomic E-state index is 14.3. The molecular weight excluding hydrogens is 288 g/mol. The molecule has 0 saturated carbocycles. The number of alkyl halides is 3. The van der Waals surface area contributed by atoms with E-state index in [9.17, 15) is 22.4 Å². The van der Waals surface area contributed by atoms with Gasteiger partial charge in [-0.3, -0.25) is 9.78 Å². The second kappa shape index (κ2) is 5.90. The van der Waals surface area contributed by atoms with Crippen LogP contribution in [0, 0.1) is 5.82 Å². The van der Waals surface area contributed by atoms with E-state index in [0.717, 1.165) is 0 Å². The van der Waals surface area contributed by atoms with E-state index in [1.807, 2.05) is 0 Å². The normalized spacial score (nSPS) is 11.2. The largest absolute Gasteiger partial charge is 0.471 e. The number of rotatable bonds is 3. The molecule has 0 radical (unpaired) electrons. The van der Waals surface area contributed by atoms with E-state index in [-0.39, 0.29) is 11.1 Å². The first kappa shape index (κ1) is 15.0. The molecule has 0 aliphatic rings. The van der Waals surface area contributed by atoms with Crippen LogP contribution in [-0.4, -0.2) is 17.1 Å². The van der Waals surface area contributed by atoms with E-state index in [4.69, 9.17) is 0 Å². The quantitative estimate of drug-likeness (QED) is 0.885. The van der Waals surface area contributed by atoms with Crippen LogP contribution < -0.4 is 5.32 Å². The number of benzene rings is 1. The molecule has 0 unspecified atom stereocenters. The Hall–Kier alpha value is -2.44. The van der Waals surface area contributed by atoms with Crippen LogP contribution in [0.3, 0.4) is 0 Å². The summed E-state index contributed by atoms with van der Waals surface area (Å²) in [7, 11) is 0. The monoisotopic (exact) mass is 298 g/mol. The first-order valence-corrected chi connectivity index (χ1v) is 5.92. The molecule has 0 spiro atoms. The number of hydrogen-bond donors (Lipinski definition) is 1. The number of carbonyl (C=O) groups excluding carboxylic acids is 1. The van der Waals surface area contributed by atoms with Gasteiger partial charge in [0.15, 0.2) is 0 Å². The van der Waals surface area contributed by atoms with E-state index in [1.54, 1.807) is 17.4 Å². The molecular formula is C14H10F4N2O. The van der Waals surface area contributed by atoms with Gasteiger partial charge in [0.1, 0.15) is 5.82 Å². The SMILES string of the molecule is O=C(NCc1cccc(-c2ccncc2)c1F)C(F)(F)F. The molecule has 1 aromatic heterocycles. The maximum atomic E-state index is 14.3. The number of aromatic nitrogens is 1. The number of carbonyl (C=O) groups is 1. The van der Waals surface area contributed by atoms with Crippen LogP contribution in [0.5, 0.6) is 0 Å². The Balaban J connectivity index is 2.21. The molecule has 7 heteroatoms. The minimum absolute atomic E-state index is 0.0260. The van der Waals surface area contributed by atoms with Crippen LogP contribution in [0.1, 0.15) is 5.56 Å². The molecule has 1 N–H and O–H groups in total. The number of halogens is 4. The number of pyridine rings is 1. The van der Waals surface area contributed by atoms with Crippen LogP contribution in [0.15, 0.2) is 42.7 Å². The molecule has 0 aliphatic heterocycles. The van der Waals surface area contributed by atoms with Gasteiger partial charge in [-0.25, -0.2) is 4.39 Å². The van der Waals surface area contributed by atoms with Gasteiger partial charge in [0, 0.05) is 30.1 Å². The van der Waals surface area contributed by atoms with Crippen LogP contribution in [0.25, 0.3) is 11.1 Å². The first-order valence-electron chi connectivity index (χ1n) is 5.92. The third-order valence-electron chi connectivity index (χ3n) is 2.77. The van der Waals surface area contributed by atoms with E-state index in [1.165, 1.54) is 30.6 Å². The lowest BCUT2D eigenvalue weighted by atomic mass is 10.0. The summed E-state index contributed by atoms with van der Waals surface area (Å²) in [6.07, 6.45) is -2.03. The van der Waals surface area contributed by atoms with Crippen molar-refractivity contribution in [1.29, 1.82) is 0 Å². The Labute approximate surface area is 117 Å². The lowest BCUT2D eigenvalue weighted by Gasteiger charge is -2.11. The molecule has 0 fully saturated rings. The van der Waals surface area contributed by atoms with Gasteiger partial charge in [-0.15, -0.1) is 0 Å². The first-order chi connectivity index (χ1) is 9.89. The van der Waals surface area contributed by atoms with Crippen LogP contribution >= 0.6 is 0 Å². The van der Waals surface area contributed by atoms with Crippen molar-refractivity contribution < 1.29 is 22.4 Å². The fraction of sp³-hybridized carbons (Fsp3) is 0.143. The van der Waals surface area contributed by atoms with Gasteiger partial charge in [-0.2, -0.15) is 13.2 Å². The minimum Gasteiger partial charge on any atom is -0.344 e. The van der Waals surface area contributed by atoms with Gasteiger partial charge in [0.05, 0.1) is 0 Å². The fourth-order valence-corrected chi connectivity index (χ4v) is 1.75. The lowest BCUT2D eigenvalue weighted by Crippen LogP contribution is -2.36. The van der Waals surface area contributed by atoms with Crippen LogP contribution in [0.2, 0.25) is 0 Å². The molecule has 0 saturated heterocycles. The zero-order valence-electron chi connectivity index (χ0n) is 10.6. The smallest absolute Gasteiger partial charge is 0.344 e. The van der Waals surface area contributed by atoms with Crippen molar-refractivity contribution in [3.8, 4) is 11.1 Å². The number of hydrogen-bond acceptors (Lipinski definition) is 2. The van der Waals surface area contributed by atoms with Gasteiger partial charge in [-0.1, -0.05) is 18.2 Å². The molecule has 3 nitrogen and oxygen atoms in total. The minimum atomic E-state index is -4.99. The predicted octanol–water partition coefficient (Wildman–Crippen LogP) is 3.07. The van der Waals surface area contributed by atoms with Gasteiger partial charge >= 0.3 is 12.1 Å². The van der Waals surface area contributed by atoms with Crippen molar-refractivity contribution in [2.24, 2.45) is 0 Å². The molecule has 1 aromatic carbocycles. The van der Waals surface area contributed by atoms with E-state index in [2.05, 4.69) is 4.98 Å². The Morgan fingerprint density at radius 3 is 2.43 bits per heavy atom. The van der Waals surface area contributed by atoms with Crippen molar-refractivity contribution in [3.63, 3.8) is 0 Å². The Bertz CT molecular complexity index is 641. The standard InChI is InChI=1S/C14H10F4N2O/c15-12-10(8-20-13(21)14(16,17)18)2-1-3-11(12)9-4-6-19-7-5-9/h1-7H,8H2,(H,20,21). The molecule has 0 atom stereocenters.